The third-order valence-corrected chi connectivity index (χ3v) is 4.57. The number of carbonyl (C=O) groups is 2. The van der Waals surface area contributed by atoms with Crippen LogP contribution in [0.1, 0.15) is 22.8 Å². The van der Waals surface area contributed by atoms with Crippen LogP contribution in [0.4, 0.5) is 0 Å². The highest BCUT2D eigenvalue weighted by molar-refractivity contribution is 5.95. The van der Waals surface area contributed by atoms with Crippen LogP contribution in [0.5, 0.6) is 11.5 Å². The van der Waals surface area contributed by atoms with Crippen molar-refractivity contribution in [3.8, 4) is 11.5 Å². The Balaban J connectivity index is 1.69. The number of hydrogen-bond donors (Lipinski definition) is 1. The summed E-state index contributed by atoms with van der Waals surface area (Å²) in [7, 11) is 0. The van der Waals surface area contributed by atoms with E-state index in [0.717, 1.165) is 6.42 Å². The minimum atomic E-state index is -1.08. The maximum Gasteiger partial charge on any atom is 0.341 e. The Morgan fingerprint density at radius 3 is 2.66 bits per heavy atom. The SMILES string of the molecule is CCOc1cc(C(=O)N2CCOC(Cc3ccccc3)C2)ccc1OCC(=O)O. The number of carboxylic acid groups (broad SMARTS) is 1. The number of amides is 1. The lowest BCUT2D eigenvalue weighted by atomic mass is 10.1. The van der Waals surface area contributed by atoms with Gasteiger partial charge in [-0.3, -0.25) is 4.79 Å². The minimum Gasteiger partial charge on any atom is -0.490 e. The van der Waals surface area contributed by atoms with Gasteiger partial charge in [0.05, 0.1) is 19.3 Å². The molecule has 1 N–H and O–H groups in total. The van der Waals surface area contributed by atoms with E-state index in [2.05, 4.69) is 0 Å². The van der Waals surface area contributed by atoms with E-state index in [1.165, 1.54) is 5.56 Å². The Morgan fingerprint density at radius 1 is 1.14 bits per heavy atom. The van der Waals surface area contributed by atoms with Gasteiger partial charge in [0.15, 0.2) is 18.1 Å². The normalized spacial score (nSPS) is 16.3. The van der Waals surface area contributed by atoms with Crippen molar-refractivity contribution in [2.45, 2.75) is 19.4 Å². The lowest BCUT2D eigenvalue weighted by Crippen LogP contribution is -2.46. The van der Waals surface area contributed by atoms with Gasteiger partial charge in [0, 0.05) is 25.1 Å². The molecule has 1 fully saturated rings. The molecule has 1 saturated heterocycles. The van der Waals surface area contributed by atoms with Gasteiger partial charge in [-0.05, 0) is 30.7 Å². The number of nitrogens with zero attached hydrogens (tertiary/aromatic N) is 1. The first-order valence-corrected chi connectivity index (χ1v) is 9.63. The third-order valence-electron chi connectivity index (χ3n) is 4.57. The first-order valence-electron chi connectivity index (χ1n) is 9.63. The van der Waals surface area contributed by atoms with E-state index >= 15 is 0 Å². The van der Waals surface area contributed by atoms with E-state index < -0.39 is 12.6 Å². The highest BCUT2D eigenvalue weighted by Gasteiger charge is 2.26. The summed E-state index contributed by atoms with van der Waals surface area (Å²) in [5, 5.41) is 8.80. The second kappa shape index (κ2) is 9.93. The van der Waals surface area contributed by atoms with Crippen molar-refractivity contribution in [2.24, 2.45) is 0 Å². The number of benzene rings is 2. The van der Waals surface area contributed by atoms with Gasteiger partial charge in [-0.15, -0.1) is 0 Å². The Labute approximate surface area is 169 Å². The summed E-state index contributed by atoms with van der Waals surface area (Å²) in [6.07, 6.45) is 0.691. The molecule has 1 unspecified atom stereocenters. The number of morpholine rings is 1. The lowest BCUT2D eigenvalue weighted by molar-refractivity contribution is -0.139. The molecule has 0 spiro atoms. The topological polar surface area (TPSA) is 85.3 Å². The summed E-state index contributed by atoms with van der Waals surface area (Å²) in [5.41, 5.74) is 1.64. The highest BCUT2D eigenvalue weighted by atomic mass is 16.5. The average Bonchev–Trinajstić information content (AvgIpc) is 2.73. The van der Waals surface area contributed by atoms with Gasteiger partial charge >= 0.3 is 5.97 Å². The number of carbonyl (C=O) groups excluding carboxylic acids is 1. The summed E-state index contributed by atoms with van der Waals surface area (Å²) in [5.74, 6) is -0.536. The van der Waals surface area contributed by atoms with Crippen molar-refractivity contribution in [3.63, 3.8) is 0 Å². The maximum atomic E-state index is 13.0. The molecule has 7 nitrogen and oxygen atoms in total. The van der Waals surface area contributed by atoms with Crippen LogP contribution in [0.2, 0.25) is 0 Å². The Morgan fingerprint density at radius 2 is 1.93 bits per heavy atom. The van der Waals surface area contributed by atoms with Gasteiger partial charge in [0.2, 0.25) is 0 Å². The zero-order chi connectivity index (χ0) is 20.6. The minimum absolute atomic E-state index is 0.0559. The van der Waals surface area contributed by atoms with E-state index in [9.17, 15) is 9.59 Å². The fourth-order valence-electron chi connectivity index (χ4n) is 3.25. The van der Waals surface area contributed by atoms with Crippen LogP contribution in [-0.2, 0) is 16.0 Å². The van der Waals surface area contributed by atoms with Gasteiger partial charge in [-0.1, -0.05) is 30.3 Å². The summed E-state index contributed by atoms with van der Waals surface area (Å²) in [4.78, 5) is 25.5. The molecule has 0 saturated carbocycles. The average molecular weight is 399 g/mol. The number of carboxylic acids is 1. The molecule has 2 aromatic carbocycles. The molecule has 154 valence electrons. The number of hydrogen-bond acceptors (Lipinski definition) is 5. The molecular weight excluding hydrogens is 374 g/mol. The Hall–Kier alpha value is -3.06. The molecule has 7 heteroatoms. The second-order valence-corrected chi connectivity index (χ2v) is 6.71. The van der Waals surface area contributed by atoms with Crippen molar-refractivity contribution >= 4 is 11.9 Å². The van der Waals surface area contributed by atoms with Crippen LogP contribution in [-0.4, -0.2) is 60.9 Å². The van der Waals surface area contributed by atoms with Crippen molar-refractivity contribution in [3.05, 3.63) is 59.7 Å². The predicted octanol–water partition coefficient (Wildman–Crippen LogP) is 2.63. The Bertz CT molecular complexity index is 838. The number of aliphatic carboxylic acids is 1. The molecule has 1 amide bonds. The zero-order valence-electron chi connectivity index (χ0n) is 16.4. The van der Waals surface area contributed by atoms with Gasteiger partial charge in [0.1, 0.15) is 0 Å². The van der Waals surface area contributed by atoms with Crippen LogP contribution < -0.4 is 9.47 Å². The van der Waals surface area contributed by atoms with Crippen LogP contribution >= 0.6 is 0 Å². The van der Waals surface area contributed by atoms with Gasteiger partial charge in [-0.25, -0.2) is 4.79 Å². The summed E-state index contributed by atoms with van der Waals surface area (Å²) < 4.78 is 16.6. The van der Waals surface area contributed by atoms with Crippen LogP contribution in [0.3, 0.4) is 0 Å². The molecule has 1 aliphatic rings. The molecular formula is C22H25NO6. The van der Waals surface area contributed by atoms with E-state index in [1.807, 2.05) is 37.3 Å². The molecule has 0 radical (unpaired) electrons. The lowest BCUT2D eigenvalue weighted by Gasteiger charge is -2.33. The fourth-order valence-corrected chi connectivity index (χ4v) is 3.25. The quantitative estimate of drug-likeness (QED) is 0.735. The van der Waals surface area contributed by atoms with Crippen LogP contribution in [0.25, 0.3) is 0 Å². The van der Waals surface area contributed by atoms with Crippen molar-refractivity contribution in [2.75, 3.05) is 32.9 Å². The molecule has 0 bridgehead atoms. The molecule has 1 atom stereocenters. The molecule has 0 aliphatic carbocycles. The zero-order valence-corrected chi connectivity index (χ0v) is 16.4. The summed E-state index contributed by atoms with van der Waals surface area (Å²) >= 11 is 0. The first-order chi connectivity index (χ1) is 14.1. The summed E-state index contributed by atoms with van der Waals surface area (Å²) in [6, 6.07) is 14.9. The summed E-state index contributed by atoms with van der Waals surface area (Å²) in [6.45, 7) is 3.23. The third kappa shape index (κ3) is 5.71. The van der Waals surface area contributed by atoms with Crippen molar-refractivity contribution in [1.82, 2.24) is 4.90 Å². The Kier molecular flexibility index (Phi) is 7.08. The fraction of sp³-hybridized carbons (Fsp3) is 0.364. The first kappa shape index (κ1) is 20.7. The van der Waals surface area contributed by atoms with Gasteiger partial charge in [-0.2, -0.15) is 0 Å². The molecule has 0 aromatic heterocycles. The monoisotopic (exact) mass is 399 g/mol. The largest absolute Gasteiger partial charge is 0.490 e. The molecule has 29 heavy (non-hydrogen) atoms. The molecule has 2 aromatic rings. The predicted molar refractivity (Wildman–Crippen MR) is 107 cm³/mol. The standard InChI is InChI=1S/C22H25NO6/c1-2-27-20-13-17(8-9-19(20)29-15-21(24)25)22(26)23-10-11-28-18(14-23)12-16-6-4-3-5-7-16/h3-9,13,18H,2,10-12,14-15H2,1H3,(H,24,25). The smallest absolute Gasteiger partial charge is 0.341 e. The highest BCUT2D eigenvalue weighted by Crippen LogP contribution is 2.29. The molecule has 1 heterocycles. The van der Waals surface area contributed by atoms with Crippen molar-refractivity contribution in [1.29, 1.82) is 0 Å². The van der Waals surface area contributed by atoms with E-state index in [1.54, 1.807) is 23.1 Å². The van der Waals surface area contributed by atoms with Gasteiger partial charge < -0.3 is 24.2 Å². The van der Waals surface area contributed by atoms with Crippen LogP contribution in [0, 0.1) is 0 Å². The van der Waals surface area contributed by atoms with Crippen LogP contribution in [0.15, 0.2) is 48.5 Å². The van der Waals surface area contributed by atoms with E-state index in [-0.39, 0.29) is 12.0 Å². The molecule has 1 aliphatic heterocycles. The molecule has 3 rings (SSSR count). The van der Waals surface area contributed by atoms with Crippen molar-refractivity contribution < 1.29 is 28.9 Å². The number of ether oxygens (including phenoxy) is 3. The maximum absolute atomic E-state index is 13.0. The van der Waals surface area contributed by atoms with Gasteiger partial charge in [0.25, 0.3) is 5.91 Å². The second-order valence-electron chi connectivity index (χ2n) is 6.71. The number of rotatable bonds is 8. The van der Waals surface area contributed by atoms with E-state index in [4.69, 9.17) is 19.3 Å². The van der Waals surface area contributed by atoms with E-state index in [0.29, 0.717) is 43.4 Å².